The van der Waals surface area contributed by atoms with E-state index in [1.54, 1.807) is 0 Å². The van der Waals surface area contributed by atoms with Gasteiger partial charge in [-0.25, -0.2) is 8.42 Å². The van der Waals surface area contributed by atoms with E-state index in [1.807, 2.05) is 0 Å². The van der Waals surface area contributed by atoms with Crippen LogP contribution in [0.2, 0.25) is 0 Å². The summed E-state index contributed by atoms with van der Waals surface area (Å²) in [6.07, 6.45) is 0. The highest BCUT2D eigenvalue weighted by atomic mass is 32.2. The van der Waals surface area contributed by atoms with E-state index in [0.717, 1.165) is 0 Å². The number of benzene rings is 3. The summed E-state index contributed by atoms with van der Waals surface area (Å²) >= 11 is 0. The maximum atomic E-state index is 10.7. The van der Waals surface area contributed by atoms with E-state index in [0.29, 0.717) is 19.2 Å². The summed E-state index contributed by atoms with van der Waals surface area (Å²) in [6.45, 7) is 1.23. The van der Waals surface area contributed by atoms with Crippen LogP contribution in [-0.2, 0) is 19.6 Å². The number of alkyl halides is 3. The maximum absolute atomic E-state index is 10.7. The molecule has 4 rings (SSSR count). The summed E-state index contributed by atoms with van der Waals surface area (Å²) < 4.78 is 70.4. The maximum Gasteiger partial charge on any atom is 0.485 e. The average Bonchev–Trinajstić information content (AvgIpc) is 3.31. The molecule has 5 nitrogen and oxygen atoms in total. The van der Waals surface area contributed by atoms with E-state index >= 15 is 0 Å². The van der Waals surface area contributed by atoms with Crippen LogP contribution in [0.5, 0.6) is 0 Å². The van der Waals surface area contributed by atoms with E-state index in [-0.39, 0.29) is 0 Å². The first-order valence-corrected chi connectivity index (χ1v) is 13.0. The standard InChI is InChI=1S/C22H20O2P.CHF3O3S/c1-4-10-19(11-5-1)25(18-22-23-16-17-24-22,20-12-6-2-7-13-20)21-14-8-3-9-15-21;2-1(3,4)8(5,6)7/h1-15,18H,16-17H2;(H,5,6,7)/q+1;/p-1. The number of hydrogen-bond donors (Lipinski definition) is 0. The van der Waals surface area contributed by atoms with Crippen molar-refractivity contribution in [3.05, 3.63) is 103 Å². The fraction of sp³-hybridized carbons (Fsp3) is 0.130. The van der Waals surface area contributed by atoms with Gasteiger partial charge in [0.25, 0.3) is 0 Å². The van der Waals surface area contributed by atoms with Gasteiger partial charge < -0.3 is 14.0 Å². The molecule has 3 aromatic carbocycles. The molecule has 0 amide bonds. The van der Waals surface area contributed by atoms with Crippen LogP contribution in [-0.4, -0.2) is 31.7 Å². The van der Waals surface area contributed by atoms with Crippen molar-refractivity contribution < 1.29 is 35.6 Å². The molecule has 3 aromatic rings. The molecular formula is C23H20F3O5PS. The van der Waals surface area contributed by atoms with Crippen molar-refractivity contribution in [2.45, 2.75) is 5.51 Å². The fourth-order valence-corrected chi connectivity index (χ4v) is 6.95. The van der Waals surface area contributed by atoms with E-state index in [9.17, 15) is 13.2 Å². The van der Waals surface area contributed by atoms with Crippen molar-refractivity contribution >= 4 is 33.3 Å². The Kier molecular flexibility index (Phi) is 7.79. The van der Waals surface area contributed by atoms with Gasteiger partial charge >= 0.3 is 11.5 Å². The highest BCUT2D eigenvalue weighted by Gasteiger charge is 2.45. The predicted molar refractivity (Wildman–Crippen MR) is 121 cm³/mol. The molecule has 0 N–H and O–H groups in total. The van der Waals surface area contributed by atoms with Gasteiger partial charge in [-0.2, -0.15) is 13.2 Å². The van der Waals surface area contributed by atoms with Gasteiger partial charge in [-0.15, -0.1) is 0 Å². The monoisotopic (exact) mass is 496 g/mol. The molecule has 1 aliphatic rings. The smallest absolute Gasteiger partial charge is 0.485 e. The Bertz CT molecular complexity index is 1060. The summed E-state index contributed by atoms with van der Waals surface area (Å²) in [7, 11) is -8.10. The molecular weight excluding hydrogens is 476 g/mol. The lowest BCUT2D eigenvalue weighted by molar-refractivity contribution is -0.0517. The predicted octanol–water partition coefficient (Wildman–Crippen LogP) is 3.88. The topological polar surface area (TPSA) is 75.7 Å². The highest BCUT2D eigenvalue weighted by molar-refractivity contribution is 7.98. The van der Waals surface area contributed by atoms with Gasteiger partial charge in [-0.05, 0) is 36.4 Å². The van der Waals surface area contributed by atoms with E-state index in [4.69, 9.17) is 22.4 Å². The van der Waals surface area contributed by atoms with Crippen molar-refractivity contribution in [1.82, 2.24) is 0 Å². The van der Waals surface area contributed by atoms with Gasteiger partial charge in [-0.1, -0.05) is 54.6 Å². The van der Waals surface area contributed by atoms with Gasteiger partial charge in [0, 0.05) is 0 Å². The third-order valence-corrected chi connectivity index (χ3v) is 9.15. The fourth-order valence-electron chi connectivity index (χ4n) is 3.22. The molecule has 0 aliphatic carbocycles. The second-order valence-corrected chi connectivity index (χ2v) is 11.4. The Labute approximate surface area is 190 Å². The van der Waals surface area contributed by atoms with Crippen molar-refractivity contribution in [1.29, 1.82) is 0 Å². The zero-order valence-corrected chi connectivity index (χ0v) is 18.9. The molecule has 0 spiro atoms. The van der Waals surface area contributed by atoms with E-state index in [1.165, 1.54) is 15.9 Å². The van der Waals surface area contributed by atoms with Crippen molar-refractivity contribution in [2.24, 2.45) is 0 Å². The quantitative estimate of drug-likeness (QED) is 0.311. The minimum Gasteiger partial charge on any atom is -0.741 e. The first-order valence-electron chi connectivity index (χ1n) is 9.71. The minimum absolute atomic E-state index is 0.615. The molecule has 0 atom stereocenters. The Morgan fingerprint density at radius 1 is 0.727 bits per heavy atom. The average molecular weight is 496 g/mol. The lowest BCUT2D eigenvalue weighted by Crippen LogP contribution is -2.30. The first kappa shape index (κ1) is 24.8. The molecule has 0 aromatic heterocycles. The summed E-state index contributed by atoms with van der Waals surface area (Å²) in [6, 6.07) is 32.0. The van der Waals surface area contributed by atoms with Gasteiger partial charge in [0.15, 0.2) is 15.9 Å². The molecule has 1 saturated heterocycles. The molecule has 174 valence electrons. The number of rotatable bonds is 4. The molecule has 0 saturated carbocycles. The van der Waals surface area contributed by atoms with Gasteiger partial charge in [0.05, 0.1) is 0 Å². The number of hydrogen-bond acceptors (Lipinski definition) is 5. The number of ether oxygens (including phenoxy) is 2. The third kappa shape index (κ3) is 5.93. The molecule has 1 fully saturated rings. The second kappa shape index (κ2) is 10.4. The molecule has 1 aliphatic heterocycles. The zero-order valence-electron chi connectivity index (χ0n) is 17.2. The van der Waals surface area contributed by atoms with Crippen LogP contribution >= 0.6 is 7.26 Å². The zero-order chi connectivity index (χ0) is 24.0. The first-order chi connectivity index (χ1) is 15.6. The van der Waals surface area contributed by atoms with Crippen LogP contribution in [0.15, 0.2) is 103 Å². The van der Waals surface area contributed by atoms with Gasteiger partial charge in [-0.3, -0.25) is 0 Å². The normalized spacial score (nSPS) is 13.9. The second-order valence-electron chi connectivity index (χ2n) is 6.77. The molecule has 0 radical (unpaired) electrons. The highest BCUT2D eigenvalue weighted by Crippen LogP contribution is 2.57. The summed E-state index contributed by atoms with van der Waals surface area (Å²) in [5.41, 5.74) is -5.65. The van der Waals surface area contributed by atoms with Crippen LogP contribution < -0.4 is 15.9 Å². The summed E-state index contributed by atoms with van der Waals surface area (Å²) in [5, 5.41) is 3.87. The van der Waals surface area contributed by atoms with Gasteiger partial charge in [0.1, 0.15) is 36.4 Å². The van der Waals surface area contributed by atoms with Crippen molar-refractivity contribution in [3.8, 4) is 0 Å². The largest absolute Gasteiger partial charge is 0.741 e. The van der Waals surface area contributed by atoms with Crippen LogP contribution in [0, 0.1) is 0 Å². The van der Waals surface area contributed by atoms with Crippen LogP contribution in [0.4, 0.5) is 13.2 Å². The van der Waals surface area contributed by atoms with Gasteiger partial charge in [0.2, 0.25) is 0 Å². The molecule has 0 bridgehead atoms. The minimum atomic E-state index is -6.09. The Balaban J connectivity index is 0.000000331. The van der Waals surface area contributed by atoms with Crippen LogP contribution in [0.25, 0.3) is 0 Å². The van der Waals surface area contributed by atoms with E-state index < -0.39 is 22.9 Å². The Hall–Kier alpha value is -2.87. The van der Waals surface area contributed by atoms with E-state index in [2.05, 4.69) is 96.8 Å². The lowest BCUT2D eigenvalue weighted by atomic mass is 10.4. The molecule has 1 heterocycles. The molecule has 33 heavy (non-hydrogen) atoms. The Morgan fingerprint density at radius 2 is 1.03 bits per heavy atom. The third-order valence-electron chi connectivity index (χ3n) is 4.64. The SMILES string of the molecule is C(=C1OCCO1)[P+](c1ccccc1)(c1ccccc1)c1ccccc1.O=S(=O)([O-])C(F)(F)F. The van der Waals surface area contributed by atoms with Crippen LogP contribution in [0.1, 0.15) is 0 Å². The summed E-state index contributed by atoms with van der Waals surface area (Å²) in [5.74, 6) is 2.87. The molecule has 10 heteroatoms. The lowest BCUT2D eigenvalue weighted by Gasteiger charge is -2.23. The van der Waals surface area contributed by atoms with Crippen LogP contribution in [0.3, 0.4) is 0 Å². The van der Waals surface area contributed by atoms with Crippen molar-refractivity contribution in [2.75, 3.05) is 13.2 Å². The van der Waals surface area contributed by atoms with Crippen molar-refractivity contribution in [3.63, 3.8) is 0 Å². The number of halogens is 3. The Morgan fingerprint density at radius 3 is 1.30 bits per heavy atom. The molecule has 0 unspecified atom stereocenters. The summed E-state index contributed by atoms with van der Waals surface area (Å²) in [4.78, 5) is 0.